The minimum atomic E-state index is -3.11. The van der Waals surface area contributed by atoms with Crippen LogP contribution in [0.1, 0.15) is 48.0 Å². The van der Waals surface area contributed by atoms with Gasteiger partial charge in [0.2, 0.25) is 29.5 Å². The molecule has 58 heteroatoms. The van der Waals surface area contributed by atoms with E-state index in [1.54, 1.807) is 0 Å². The standard InChI is InChI=1S/C73H121N5O53/c1-17-38(92)49(103)53(107)67(116-17)113-15-32-58(46(100)34(63(110)117-32)75-19(3)86)125-65-36(77-21(5)88)47(101)57(29(13-84)121-65)127-69-55(109)60(44(98)30(123-69)14-114-70-61(51(105)41(95)26(10-81)119-70)129-64-35(76-20(4)87)45(99)40(94)25(9-80)118-64)128-71-62(52(106)42(96)27(11-82)120-71)130-66-37(78-22(6)89)48(102)56(28(12-83)122-66)126-68-54(108)50(104)43(97)31(124-68)16-115-73(72(111)112)7-23(90)33(74-18(2)85)59(131-73)39(93)24(91)8-79/h17,23-71,79-84,90-110H,7-16H2,1-6H3,(H,74,85)(H,75,86)(H,76,87)(H,77,88)(H,78,89)(H,111,112)/t17-,23+,24-,25-,26-,27-,28-,29-,30-,31-,32-,33-,34-,35-,36-,37-,38+,39-,40-,41-,42-,43+,44-,45-,46-,47-,48-,49+,50+,51+,52+,53-,54-,55+,56-,57-,58-,59-,60+,61+,62+,63-,64+,65+,66+,67+,68+,69+,70+,71-,73-/m1/s1. The van der Waals surface area contributed by atoms with Gasteiger partial charge in [0.05, 0.1) is 77.7 Å². The van der Waals surface area contributed by atoms with Crippen LogP contribution in [-0.2, 0) is 119 Å². The van der Waals surface area contributed by atoms with Crippen molar-refractivity contribution in [3.05, 3.63) is 0 Å². The number of aliphatic hydroxyl groups excluding tert-OH is 27. The number of ether oxygens (including phenoxy) is 19. The van der Waals surface area contributed by atoms with Gasteiger partial charge in [0.25, 0.3) is 5.79 Å². The van der Waals surface area contributed by atoms with Crippen molar-refractivity contribution in [3.8, 4) is 0 Å². The highest BCUT2D eigenvalue weighted by Gasteiger charge is 2.63. The Bertz CT molecular complexity index is 3670. The normalized spacial score (nSPS) is 47.5. The Labute approximate surface area is 741 Å². The summed E-state index contributed by atoms with van der Waals surface area (Å²) >= 11 is 0. The summed E-state index contributed by atoms with van der Waals surface area (Å²) in [5, 5.41) is 326. The number of carboxylic acids is 1. The first-order chi connectivity index (χ1) is 61.7. The van der Waals surface area contributed by atoms with Gasteiger partial charge in [0.15, 0.2) is 56.6 Å². The van der Waals surface area contributed by atoms with Crippen molar-refractivity contribution in [3.63, 3.8) is 0 Å². The largest absolute Gasteiger partial charge is 0.477 e. The van der Waals surface area contributed by atoms with Crippen LogP contribution < -0.4 is 26.6 Å². The van der Waals surface area contributed by atoms with Gasteiger partial charge >= 0.3 is 5.97 Å². The van der Waals surface area contributed by atoms with Gasteiger partial charge in [-0.2, -0.15) is 0 Å². The molecule has 51 atom stereocenters. The van der Waals surface area contributed by atoms with Crippen LogP contribution in [-0.4, -0.2) is 550 Å². The molecule has 58 nitrogen and oxygen atoms in total. The molecule has 10 aliphatic rings. The first-order valence-electron chi connectivity index (χ1n) is 41.6. The quantitative estimate of drug-likeness (QED) is 0.0280. The van der Waals surface area contributed by atoms with Crippen LogP contribution in [0.2, 0.25) is 0 Å². The Morgan fingerprint density at radius 1 is 0.328 bits per heavy atom. The second-order valence-electron chi connectivity index (χ2n) is 33.2. The molecule has 33 N–H and O–H groups in total. The molecule has 756 valence electrons. The summed E-state index contributed by atoms with van der Waals surface area (Å²) in [4.78, 5) is 76.7. The van der Waals surface area contributed by atoms with E-state index in [1.807, 2.05) is 0 Å². The van der Waals surface area contributed by atoms with Gasteiger partial charge in [0, 0.05) is 41.0 Å². The van der Waals surface area contributed by atoms with E-state index in [-0.39, 0.29) is 0 Å². The third-order valence-electron chi connectivity index (χ3n) is 23.8. The molecule has 131 heavy (non-hydrogen) atoms. The Balaban J connectivity index is 0.960. The highest BCUT2D eigenvalue weighted by molar-refractivity contribution is 5.77. The lowest BCUT2D eigenvalue weighted by molar-refractivity contribution is -0.399. The monoisotopic (exact) mass is 1920 g/mol. The fourth-order valence-electron chi connectivity index (χ4n) is 16.8. The van der Waals surface area contributed by atoms with Crippen LogP contribution in [0.15, 0.2) is 0 Å². The van der Waals surface area contributed by atoms with Gasteiger partial charge in [-0.05, 0) is 6.92 Å². The molecular weight excluding hydrogens is 1790 g/mol. The number of amides is 5. The predicted molar refractivity (Wildman–Crippen MR) is 403 cm³/mol. The maximum atomic E-state index is 13.3. The van der Waals surface area contributed by atoms with Crippen LogP contribution >= 0.6 is 0 Å². The number of nitrogens with one attached hydrogen (secondary N) is 5. The van der Waals surface area contributed by atoms with Crippen molar-refractivity contribution in [2.24, 2.45) is 0 Å². The molecule has 5 amide bonds. The van der Waals surface area contributed by atoms with E-state index >= 15 is 0 Å². The lowest BCUT2D eigenvalue weighted by Gasteiger charge is -2.51. The van der Waals surface area contributed by atoms with Gasteiger partial charge in [0.1, 0.15) is 232 Å². The number of aliphatic carboxylic acids is 1. The molecule has 10 rings (SSSR count). The summed E-state index contributed by atoms with van der Waals surface area (Å²) in [5.41, 5.74) is 0. The van der Waals surface area contributed by atoms with Gasteiger partial charge in [-0.3, -0.25) is 24.0 Å². The Kier molecular flexibility index (Phi) is 38.4. The maximum Gasteiger partial charge on any atom is 0.364 e. The van der Waals surface area contributed by atoms with Gasteiger partial charge in [-0.15, -0.1) is 0 Å². The van der Waals surface area contributed by atoms with Crippen molar-refractivity contribution in [2.45, 2.75) is 360 Å². The lowest BCUT2D eigenvalue weighted by atomic mass is 9.88. The number of hydrogen-bond acceptors (Lipinski definition) is 52. The molecule has 0 aromatic rings. The zero-order valence-corrected chi connectivity index (χ0v) is 70.7. The average Bonchev–Trinajstić information content (AvgIpc) is 0.766. The fourth-order valence-corrected chi connectivity index (χ4v) is 16.8. The Morgan fingerprint density at radius 2 is 0.679 bits per heavy atom. The number of carbonyl (C=O) groups is 6. The smallest absolute Gasteiger partial charge is 0.364 e. The summed E-state index contributed by atoms with van der Waals surface area (Å²) in [7, 11) is 0. The molecule has 0 aliphatic carbocycles. The topological polar surface area (TPSA) is 904 Å². The van der Waals surface area contributed by atoms with Gasteiger partial charge < -0.3 is 260 Å². The number of carbonyl (C=O) groups excluding carboxylic acids is 5. The second kappa shape index (κ2) is 46.6. The molecular formula is C73H121N5O53. The molecule has 10 fully saturated rings. The van der Waals surface area contributed by atoms with E-state index in [9.17, 15) is 172 Å². The third-order valence-corrected chi connectivity index (χ3v) is 23.8. The number of carboxylic acid groups (broad SMARTS) is 1. The van der Waals surface area contributed by atoms with E-state index in [0.717, 1.165) is 34.6 Å². The van der Waals surface area contributed by atoms with Crippen LogP contribution in [0.4, 0.5) is 0 Å². The van der Waals surface area contributed by atoms with Gasteiger partial charge in [-0.1, -0.05) is 0 Å². The Morgan fingerprint density at radius 3 is 1.16 bits per heavy atom. The highest BCUT2D eigenvalue weighted by Crippen LogP contribution is 2.42. The third kappa shape index (κ3) is 24.3. The van der Waals surface area contributed by atoms with E-state index in [4.69, 9.17) is 90.0 Å². The zero-order chi connectivity index (χ0) is 96.9. The van der Waals surface area contributed by atoms with Crippen LogP contribution in [0.25, 0.3) is 0 Å². The molecule has 0 aromatic carbocycles. The number of hydrogen-bond donors (Lipinski definition) is 33. The minimum absolute atomic E-state index is 0.851. The zero-order valence-electron chi connectivity index (χ0n) is 70.7. The van der Waals surface area contributed by atoms with E-state index in [1.165, 1.54) is 6.92 Å². The highest BCUT2D eigenvalue weighted by atomic mass is 16.8. The molecule has 0 unspecified atom stereocenters. The minimum Gasteiger partial charge on any atom is -0.477 e. The molecule has 0 saturated carbocycles. The molecule has 0 radical (unpaired) electrons. The summed E-state index contributed by atoms with van der Waals surface area (Å²) in [6.45, 7) is -4.47. The molecule has 10 heterocycles. The van der Waals surface area contributed by atoms with Crippen LogP contribution in [0, 0.1) is 0 Å². The van der Waals surface area contributed by atoms with Gasteiger partial charge in [-0.25, -0.2) is 4.79 Å². The average molecular weight is 1920 g/mol. The van der Waals surface area contributed by atoms with Crippen molar-refractivity contribution in [1.82, 2.24) is 26.6 Å². The van der Waals surface area contributed by atoms with Crippen molar-refractivity contribution in [2.75, 3.05) is 59.5 Å². The molecule has 0 aromatic heterocycles. The van der Waals surface area contributed by atoms with E-state index in [0.29, 0.717) is 0 Å². The van der Waals surface area contributed by atoms with Crippen LogP contribution in [0.3, 0.4) is 0 Å². The SMILES string of the molecule is CC(=O)N[C@@H]1[C@@H](O)[C@H](O[C@@H]2O[C@H](CO)[C@@H](O[C@@H]3O[C@H](CO[C@H]4O[C@H](CO)[C@@H](O)[C@H](O)[C@@H]4O[C@@H]4O[C@H](CO)[C@@H](O)[C@H](O)[C@H]4NC(C)=O)[C@@H](O)[C@H](O[C@H]4O[C@H](CO)[C@@H](O)[C@H](O)[C@@H]4O[C@@H]4O[C@H](CO)[C@@H](O[C@@H]5O[C@H](CO[C@]6(C(=O)O)C[C@H](O)[C@@H](NC(C)=O)[C@H]([C@H](O)[C@H](O)CO)O6)[C@H](O)[C@H](O)[C@H]5O)[C@H](O)[C@H]4NC(C)=O)[C@@H]3O)[C@H](O)[C@H]2NC(C)=O)[C@@H](CO[C@H]2O[C@H](C)[C@H](O)[C@H](O)[C@H]2O)O[C@H]1O. The summed E-state index contributed by atoms with van der Waals surface area (Å²) in [5.74, 6) is -9.81. The summed E-state index contributed by atoms with van der Waals surface area (Å²) in [6, 6.07) is -9.40. The van der Waals surface area contributed by atoms with Crippen molar-refractivity contribution in [1.29, 1.82) is 0 Å². The predicted octanol–water partition coefficient (Wildman–Crippen LogP) is -21.9. The van der Waals surface area contributed by atoms with E-state index < -0.39 is 414 Å². The first-order valence-corrected chi connectivity index (χ1v) is 41.6. The van der Waals surface area contributed by atoms with Crippen molar-refractivity contribution < 1.29 is 262 Å². The fraction of sp³-hybridized carbons (Fsp3) is 0.918. The number of aliphatic hydroxyl groups is 27. The molecule has 0 bridgehead atoms. The number of rotatable bonds is 35. The molecule has 10 aliphatic heterocycles. The lowest BCUT2D eigenvalue weighted by Crippen LogP contribution is -2.71. The van der Waals surface area contributed by atoms with Crippen LogP contribution in [0.5, 0.6) is 0 Å². The Hall–Kier alpha value is -5.02. The first kappa shape index (κ1) is 108. The second-order valence-corrected chi connectivity index (χ2v) is 33.2. The van der Waals surface area contributed by atoms with Crippen molar-refractivity contribution >= 4 is 35.5 Å². The molecule has 0 spiro atoms. The molecule has 10 saturated heterocycles. The summed E-state index contributed by atoms with van der Waals surface area (Å²) in [6.07, 6.45) is -97.5. The maximum absolute atomic E-state index is 13.3. The summed E-state index contributed by atoms with van der Waals surface area (Å²) < 4.78 is 113. The van der Waals surface area contributed by atoms with E-state index in [2.05, 4.69) is 26.6 Å².